The Bertz CT molecular complexity index is 883. The molecule has 2 aromatic rings. The van der Waals surface area contributed by atoms with E-state index in [1.54, 1.807) is 0 Å². The molecule has 1 amide bonds. The minimum Gasteiger partial charge on any atom is -0.454 e. The summed E-state index contributed by atoms with van der Waals surface area (Å²) in [7, 11) is 0. The summed E-state index contributed by atoms with van der Waals surface area (Å²) in [5.74, 6) is 1.51. The van der Waals surface area contributed by atoms with Crippen molar-refractivity contribution in [2.24, 2.45) is 5.92 Å². The minimum atomic E-state index is -0.702. The summed E-state index contributed by atoms with van der Waals surface area (Å²) in [4.78, 5) is 15.3. The van der Waals surface area contributed by atoms with Gasteiger partial charge in [-0.1, -0.05) is 37.1 Å². The van der Waals surface area contributed by atoms with Gasteiger partial charge in [-0.05, 0) is 49.1 Å². The van der Waals surface area contributed by atoms with Gasteiger partial charge in [0.05, 0.1) is 11.6 Å². The van der Waals surface area contributed by atoms with Crippen molar-refractivity contribution in [1.29, 1.82) is 0 Å². The molecule has 1 aliphatic carbocycles. The Labute approximate surface area is 164 Å². The van der Waals surface area contributed by atoms with Crippen molar-refractivity contribution >= 4 is 5.91 Å². The van der Waals surface area contributed by atoms with Crippen LogP contribution in [-0.2, 0) is 0 Å². The molecule has 0 spiro atoms. The molecule has 2 heterocycles. The van der Waals surface area contributed by atoms with Crippen molar-refractivity contribution in [3.05, 3.63) is 59.7 Å². The number of hydrogen-bond donors (Lipinski definition) is 1. The van der Waals surface area contributed by atoms with Gasteiger partial charge in [0, 0.05) is 18.0 Å². The Hall–Kier alpha value is -2.53. The lowest BCUT2D eigenvalue weighted by molar-refractivity contribution is -0.115. The molecule has 5 nitrogen and oxygen atoms in total. The van der Waals surface area contributed by atoms with E-state index in [-0.39, 0.29) is 24.7 Å². The van der Waals surface area contributed by atoms with Crippen LogP contribution in [0.4, 0.5) is 0 Å². The molecule has 2 aromatic carbocycles. The second-order valence-electron chi connectivity index (χ2n) is 8.13. The third-order valence-corrected chi connectivity index (χ3v) is 6.59. The molecule has 2 fully saturated rings. The van der Waals surface area contributed by atoms with E-state index in [4.69, 9.17) is 9.47 Å². The van der Waals surface area contributed by atoms with Gasteiger partial charge in [0.2, 0.25) is 6.79 Å². The zero-order valence-corrected chi connectivity index (χ0v) is 15.8. The molecule has 3 aliphatic rings. The Morgan fingerprint density at radius 2 is 1.86 bits per heavy atom. The van der Waals surface area contributed by atoms with Crippen LogP contribution < -0.4 is 9.47 Å². The van der Waals surface area contributed by atoms with Crippen molar-refractivity contribution in [2.45, 2.75) is 43.7 Å². The van der Waals surface area contributed by atoms with E-state index < -0.39 is 5.60 Å². The van der Waals surface area contributed by atoms with Crippen LogP contribution in [0.3, 0.4) is 0 Å². The van der Waals surface area contributed by atoms with Crippen LogP contribution in [0.2, 0.25) is 0 Å². The summed E-state index contributed by atoms with van der Waals surface area (Å²) >= 11 is 0. The summed E-state index contributed by atoms with van der Waals surface area (Å²) in [6.45, 7) is 0.781. The molecule has 28 heavy (non-hydrogen) atoms. The molecule has 146 valence electrons. The molecule has 3 atom stereocenters. The number of piperidine rings is 1. The Morgan fingerprint density at radius 3 is 2.71 bits per heavy atom. The van der Waals surface area contributed by atoms with Crippen molar-refractivity contribution in [3.63, 3.8) is 0 Å². The number of carbonyl (C=O) groups excluding carboxylic acids is 1. The Morgan fingerprint density at radius 1 is 1.04 bits per heavy atom. The van der Waals surface area contributed by atoms with Crippen molar-refractivity contribution in [2.75, 3.05) is 13.3 Å². The van der Waals surface area contributed by atoms with Gasteiger partial charge in [0.1, 0.15) is 0 Å². The first kappa shape index (κ1) is 17.6. The zero-order chi connectivity index (χ0) is 19.1. The third-order valence-electron chi connectivity index (χ3n) is 6.59. The fourth-order valence-corrected chi connectivity index (χ4v) is 5.17. The van der Waals surface area contributed by atoms with Crippen LogP contribution in [-0.4, -0.2) is 34.9 Å². The summed E-state index contributed by atoms with van der Waals surface area (Å²) in [6, 6.07) is 15.2. The van der Waals surface area contributed by atoms with Gasteiger partial charge in [0.15, 0.2) is 11.5 Å². The third kappa shape index (κ3) is 2.85. The standard InChI is InChI=1S/C23H25NO4/c25-22(16-6-2-1-3-7-16)24-13-12-23(26)11-5-4-8-18(23)21(24)17-9-10-19-20(14-17)28-15-27-19/h1-3,6-7,9-10,14,18,21,26H,4-5,8,11-13,15H2. The highest BCUT2D eigenvalue weighted by molar-refractivity contribution is 5.94. The van der Waals surface area contributed by atoms with E-state index in [2.05, 4.69) is 0 Å². The second-order valence-corrected chi connectivity index (χ2v) is 8.13. The van der Waals surface area contributed by atoms with Gasteiger partial charge >= 0.3 is 0 Å². The van der Waals surface area contributed by atoms with E-state index in [1.165, 1.54) is 0 Å². The van der Waals surface area contributed by atoms with Gasteiger partial charge in [-0.25, -0.2) is 0 Å². The first-order valence-corrected chi connectivity index (χ1v) is 10.1. The number of aliphatic hydroxyl groups is 1. The quantitative estimate of drug-likeness (QED) is 0.859. The van der Waals surface area contributed by atoms with Gasteiger partial charge in [-0.2, -0.15) is 0 Å². The maximum Gasteiger partial charge on any atom is 0.254 e. The van der Waals surface area contributed by atoms with Crippen LogP contribution in [0.5, 0.6) is 11.5 Å². The molecular weight excluding hydrogens is 354 g/mol. The highest BCUT2D eigenvalue weighted by atomic mass is 16.7. The van der Waals surface area contributed by atoms with Crippen LogP contribution >= 0.6 is 0 Å². The summed E-state index contributed by atoms with van der Waals surface area (Å²) < 4.78 is 11.0. The molecule has 3 unspecified atom stereocenters. The lowest BCUT2D eigenvalue weighted by Crippen LogP contribution is -2.56. The van der Waals surface area contributed by atoms with Crippen molar-refractivity contribution in [3.8, 4) is 11.5 Å². The average molecular weight is 379 g/mol. The van der Waals surface area contributed by atoms with E-state index in [9.17, 15) is 9.90 Å². The van der Waals surface area contributed by atoms with Crippen molar-refractivity contribution in [1.82, 2.24) is 4.90 Å². The molecule has 0 bridgehead atoms. The number of fused-ring (bicyclic) bond motifs is 2. The van der Waals surface area contributed by atoms with Crippen molar-refractivity contribution < 1.29 is 19.4 Å². The molecule has 0 radical (unpaired) electrons. The molecular formula is C23H25NO4. The SMILES string of the molecule is O=C(c1ccccc1)N1CCC2(O)CCCCC2C1c1ccc2c(c1)OCO2. The van der Waals surface area contributed by atoms with E-state index in [1.807, 2.05) is 53.4 Å². The normalized spacial score (nSPS) is 28.7. The van der Waals surface area contributed by atoms with Gasteiger partial charge in [0.25, 0.3) is 5.91 Å². The van der Waals surface area contributed by atoms with Gasteiger partial charge in [-0.15, -0.1) is 0 Å². The van der Waals surface area contributed by atoms with Gasteiger partial charge in [-0.3, -0.25) is 4.79 Å². The maximum atomic E-state index is 13.4. The number of nitrogens with zero attached hydrogens (tertiary/aromatic N) is 1. The number of amides is 1. The fraction of sp³-hybridized carbons (Fsp3) is 0.435. The first-order chi connectivity index (χ1) is 13.7. The maximum absolute atomic E-state index is 13.4. The molecule has 1 N–H and O–H groups in total. The smallest absolute Gasteiger partial charge is 0.254 e. The number of carbonyl (C=O) groups is 1. The van der Waals surface area contributed by atoms with Crippen LogP contribution in [0.15, 0.2) is 48.5 Å². The largest absolute Gasteiger partial charge is 0.454 e. The Kier molecular flexibility index (Phi) is 4.27. The fourth-order valence-electron chi connectivity index (χ4n) is 5.17. The van der Waals surface area contributed by atoms with Crippen LogP contribution in [0, 0.1) is 5.92 Å². The first-order valence-electron chi connectivity index (χ1n) is 10.1. The summed E-state index contributed by atoms with van der Waals surface area (Å²) in [5.41, 5.74) is 1.00. The topological polar surface area (TPSA) is 59.0 Å². The molecule has 0 aromatic heterocycles. The number of likely N-dealkylation sites (tertiary alicyclic amines) is 1. The zero-order valence-electron chi connectivity index (χ0n) is 15.8. The predicted octanol–water partition coefficient (Wildman–Crippen LogP) is 3.92. The molecule has 1 saturated heterocycles. The number of ether oxygens (including phenoxy) is 2. The average Bonchev–Trinajstić information content (AvgIpc) is 3.20. The van der Waals surface area contributed by atoms with E-state index >= 15 is 0 Å². The molecule has 5 heteroatoms. The van der Waals surface area contributed by atoms with E-state index in [0.29, 0.717) is 18.5 Å². The second kappa shape index (κ2) is 6.82. The number of hydrogen-bond acceptors (Lipinski definition) is 4. The molecule has 5 rings (SSSR count). The summed E-state index contributed by atoms with van der Waals surface area (Å²) in [6.07, 6.45) is 4.51. The predicted molar refractivity (Wildman–Crippen MR) is 104 cm³/mol. The molecule has 1 saturated carbocycles. The van der Waals surface area contributed by atoms with Gasteiger partial charge < -0.3 is 19.5 Å². The number of benzene rings is 2. The highest BCUT2D eigenvalue weighted by Gasteiger charge is 2.50. The number of rotatable bonds is 2. The summed E-state index contributed by atoms with van der Waals surface area (Å²) in [5, 5.41) is 11.4. The minimum absolute atomic E-state index is 0.0240. The molecule has 2 aliphatic heterocycles. The lowest BCUT2D eigenvalue weighted by atomic mass is 9.66. The monoisotopic (exact) mass is 379 g/mol. The van der Waals surface area contributed by atoms with Crippen LogP contribution in [0.25, 0.3) is 0 Å². The Balaban J connectivity index is 1.57. The van der Waals surface area contributed by atoms with Crippen LogP contribution in [0.1, 0.15) is 54.1 Å². The van der Waals surface area contributed by atoms with E-state index in [0.717, 1.165) is 42.7 Å². The highest BCUT2D eigenvalue weighted by Crippen LogP contribution is 2.50. The lowest BCUT2D eigenvalue weighted by Gasteiger charge is -2.52.